The van der Waals surface area contributed by atoms with Crippen molar-refractivity contribution in [3.63, 3.8) is 0 Å². The van der Waals surface area contributed by atoms with Crippen LogP contribution in [0.5, 0.6) is 5.75 Å². The fourth-order valence-electron chi connectivity index (χ4n) is 4.20. The number of hydrogen-bond acceptors (Lipinski definition) is 5. The summed E-state index contributed by atoms with van der Waals surface area (Å²) in [5, 5.41) is 23.4. The number of halogens is 1. The summed E-state index contributed by atoms with van der Waals surface area (Å²) in [4.78, 5) is 39.5. The van der Waals surface area contributed by atoms with Crippen molar-refractivity contribution in [2.45, 2.75) is 18.5 Å². The second kappa shape index (κ2) is 6.32. The largest absolute Gasteiger partial charge is 0.508 e. The Bertz CT molecular complexity index is 992. The lowest BCUT2D eigenvalue weighted by Gasteiger charge is -2.27. The van der Waals surface area contributed by atoms with Gasteiger partial charge < -0.3 is 10.2 Å². The highest BCUT2D eigenvalue weighted by Gasteiger charge is 2.67. The summed E-state index contributed by atoms with van der Waals surface area (Å²) in [5.41, 5.74) is -0.954. The maximum Gasteiger partial charge on any atom is 0.324 e. The minimum atomic E-state index is -1.66. The van der Waals surface area contributed by atoms with E-state index in [2.05, 4.69) is 5.32 Å². The smallest absolute Gasteiger partial charge is 0.324 e. The predicted molar refractivity (Wildman–Crippen MR) is 101 cm³/mol. The second-order valence-electron chi connectivity index (χ2n) is 7.18. The van der Waals surface area contributed by atoms with E-state index in [1.54, 1.807) is 42.5 Å². The van der Waals surface area contributed by atoms with Gasteiger partial charge in [0.2, 0.25) is 11.8 Å². The van der Waals surface area contributed by atoms with Gasteiger partial charge >= 0.3 is 5.97 Å². The number of phenolic OH excluding ortho intramolecular Hbond substituents is 1. The van der Waals surface area contributed by atoms with E-state index >= 15 is 0 Å². The van der Waals surface area contributed by atoms with Gasteiger partial charge in [0.25, 0.3) is 0 Å². The number of phenols is 1. The number of carbonyl (C=O) groups is 3. The number of aliphatic carboxylic acids is 1. The van der Waals surface area contributed by atoms with Crippen molar-refractivity contribution in [2.75, 3.05) is 4.90 Å². The van der Waals surface area contributed by atoms with Gasteiger partial charge in [-0.2, -0.15) is 0 Å². The number of imide groups is 1. The Kier molecular flexibility index (Phi) is 4.17. The number of amides is 2. The number of fused-ring (bicyclic) bond motifs is 1. The van der Waals surface area contributed by atoms with Gasteiger partial charge in [0.05, 0.1) is 17.5 Å². The number of rotatable bonds is 3. The molecule has 0 aromatic heterocycles. The molecule has 2 amide bonds. The van der Waals surface area contributed by atoms with Crippen LogP contribution in [0.2, 0.25) is 5.02 Å². The van der Waals surface area contributed by atoms with Gasteiger partial charge in [-0.15, -0.1) is 0 Å². The number of carboxylic acid groups (broad SMARTS) is 1. The first-order valence-corrected chi connectivity index (χ1v) is 9.06. The van der Waals surface area contributed by atoms with Crippen molar-refractivity contribution in [3.05, 3.63) is 59.1 Å². The predicted octanol–water partition coefficient (Wildman–Crippen LogP) is 2.34. The normalized spacial score (nSPS) is 29.2. The molecule has 0 unspecified atom stereocenters. The molecule has 2 saturated heterocycles. The number of nitrogens with zero attached hydrogens (tertiary/aromatic N) is 1. The highest BCUT2D eigenvalue weighted by atomic mass is 35.5. The van der Waals surface area contributed by atoms with E-state index in [1.165, 1.54) is 13.0 Å². The molecule has 0 saturated carbocycles. The van der Waals surface area contributed by atoms with Gasteiger partial charge in [-0.1, -0.05) is 29.8 Å². The van der Waals surface area contributed by atoms with Crippen LogP contribution in [-0.2, 0) is 14.4 Å². The van der Waals surface area contributed by atoms with Crippen LogP contribution in [0.15, 0.2) is 48.5 Å². The van der Waals surface area contributed by atoms with Crippen LogP contribution >= 0.6 is 11.6 Å². The fourth-order valence-corrected chi connectivity index (χ4v) is 4.32. The Morgan fingerprint density at radius 3 is 2.36 bits per heavy atom. The zero-order chi connectivity index (χ0) is 20.2. The zero-order valence-electron chi connectivity index (χ0n) is 14.8. The van der Waals surface area contributed by atoms with Crippen LogP contribution in [0.25, 0.3) is 0 Å². The summed E-state index contributed by atoms with van der Waals surface area (Å²) >= 11 is 5.89. The van der Waals surface area contributed by atoms with Crippen molar-refractivity contribution in [1.82, 2.24) is 5.32 Å². The van der Waals surface area contributed by atoms with Crippen LogP contribution in [0.3, 0.4) is 0 Å². The molecule has 2 heterocycles. The lowest BCUT2D eigenvalue weighted by molar-refractivity contribution is -0.147. The van der Waals surface area contributed by atoms with Crippen LogP contribution in [0.1, 0.15) is 18.5 Å². The number of benzene rings is 2. The van der Waals surface area contributed by atoms with Crippen LogP contribution in [0, 0.1) is 11.8 Å². The Labute approximate surface area is 165 Å². The number of hydrogen-bond donors (Lipinski definition) is 3. The van der Waals surface area contributed by atoms with Gasteiger partial charge in [0, 0.05) is 16.6 Å². The van der Waals surface area contributed by atoms with Gasteiger partial charge in [0.15, 0.2) is 0 Å². The summed E-state index contributed by atoms with van der Waals surface area (Å²) in [5.74, 6) is -4.48. The van der Waals surface area contributed by atoms with E-state index in [1.807, 2.05) is 0 Å². The van der Waals surface area contributed by atoms with E-state index in [4.69, 9.17) is 11.6 Å². The fraction of sp³-hybridized carbons (Fsp3) is 0.250. The van der Waals surface area contributed by atoms with Gasteiger partial charge in [0.1, 0.15) is 11.3 Å². The molecule has 0 bridgehead atoms. The molecular weight excluding hydrogens is 384 g/mol. The van der Waals surface area contributed by atoms with Gasteiger partial charge in [-0.3, -0.25) is 19.7 Å². The minimum Gasteiger partial charge on any atom is -0.508 e. The number of para-hydroxylation sites is 1. The summed E-state index contributed by atoms with van der Waals surface area (Å²) in [7, 11) is 0. The first kappa shape index (κ1) is 18.5. The third kappa shape index (κ3) is 2.51. The van der Waals surface area contributed by atoms with Crippen molar-refractivity contribution in [1.29, 1.82) is 0 Å². The minimum absolute atomic E-state index is 0.0708. The Morgan fingerprint density at radius 2 is 1.75 bits per heavy atom. The topological polar surface area (TPSA) is 107 Å². The number of carboxylic acids is 1. The third-order valence-electron chi connectivity index (χ3n) is 5.59. The van der Waals surface area contributed by atoms with E-state index < -0.39 is 41.2 Å². The lowest BCUT2D eigenvalue weighted by Crippen LogP contribution is -2.53. The number of aromatic hydroxyl groups is 1. The summed E-state index contributed by atoms with van der Waals surface area (Å²) < 4.78 is 0. The van der Waals surface area contributed by atoms with Crippen molar-refractivity contribution in [2.24, 2.45) is 11.8 Å². The first-order chi connectivity index (χ1) is 13.3. The van der Waals surface area contributed by atoms with Crippen molar-refractivity contribution < 1.29 is 24.6 Å². The summed E-state index contributed by atoms with van der Waals surface area (Å²) in [6, 6.07) is 11.8. The van der Waals surface area contributed by atoms with E-state index in [0.717, 1.165) is 4.90 Å². The standard InChI is InChI=1S/C20H17ClN2O5/c1-20(19(27)28)15-14(16(22-20)12-4-2-3-5-13(12)24)17(25)23(18(15)26)11-8-6-10(21)7-9-11/h2-9,14-16,22,24H,1H3,(H,27,28)/t14-,15+,16+,20-/m0/s1. The van der Waals surface area contributed by atoms with E-state index in [-0.39, 0.29) is 5.75 Å². The second-order valence-corrected chi connectivity index (χ2v) is 7.62. The molecule has 2 aliphatic rings. The number of anilines is 1. The summed E-state index contributed by atoms with van der Waals surface area (Å²) in [6.07, 6.45) is 0. The number of carbonyl (C=O) groups excluding carboxylic acids is 2. The van der Waals surface area contributed by atoms with E-state index in [9.17, 15) is 24.6 Å². The average molecular weight is 401 g/mol. The lowest BCUT2D eigenvalue weighted by atomic mass is 9.80. The zero-order valence-corrected chi connectivity index (χ0v) is 15.6. The van der Waals surface area contributed by atoms with Crippen LogP contribution in [-0.4, -0.2) is 33.5 Å². The molecule has 0 aliphatic carbocycles. The van der Waals surface area contributed by atoms with Crippen LogP contribution < -0.4 is 10.2 Å². The Morgan fingerprint density at radius 1 is 1.11 bits per heavy atom. The Hall–Kier alpha value is -2.90. The average Bonchev–Trinajstić information content (AvgIpc) is 3.11. The van der Waals surface area contributed by atoms with Crippen LogP contribution in [0.4, 0.5) is 5.69 Å². The molecule has 7 nitrogen and oxygen atoms in total. The molecule has 3 N–H and O–H groups in total. The molecule has 2 aromatic carbocycles. The monoisotopic (exact) mass is 400 g/mol. The third-order valence-corrected chi connectivity index (χ3v) is 5.84. The molecule has 144 valence electrons. The van der Waals surface area contributed by atoms with Gasteiger partial charge in [-0.25, -0.2) is 4.90 Å². The quantitative estimate of drug-likeness (QED) is 0.683. The highest BCUT2D eigenvalue weighted by molar-refractivity contribution is 6.31. The van der Waals surface area contributed by atoms with Crippen molar-refractivity contribution in [3.8, 4) is 5.75 Å². The van der Waals surface area contributed by atoms with Crippen molar-refractivity contribution >= 4 is 35.1 Å². The SMILES string of the molecule is C[C@]1(C(=O)O)N[C@H](c2ccccc2O)[C@H]2C(=O)N(c3ccc(Cl)cc3)C(=O)[C@@H]21. The molecule has 4 rings (SSSR count). The molecule has 2 aliphatic heterocycles. The molecular formula is C20H17ClN2O5. The molecule has 4 atom stereocenters. The first-order valence-electron chi connectivity index (χ1n) is 8.68. The van der Waals surface area contributed by atoms with Gasteiger partial charge in [-0.05, 0) is 37.3 Å². The number of nitrogens with one attached hydrogen (secondary N) is 1. The Balaban J connectivity index is 1.84. The molecule has 28 heavy (non-hydrogen) atoms. The molecule has 8 heteroatoms. The highest BCUT2D eigenvalue weighted by Crippen LogP contribution is 2.50. The molecule has 0 spiro atoms. The molecule has 0 radical (unpaired) electrons. The molecule has 2 aromatic rings. The maximum absolute atomic E-state index is 13.2. The molecule has 2 fully saturated rings. The maximum atomic E-state index is 13.2. The van der Waals surface area contributed by atoms with E-state index in [0.29, 0.717) is 16.3 Å². The summed E-state index contributed by atoms with van der Waals surface area (Å²) in [6.45, 7) is 1.39.